The van der Waals surface area contributed by atoms with Crippen molar-refractivity contribution in [3.63, 3.8) is 0 Å². The summed E-state index contributed by atoms with van der Waals surface area (Å²) >= 11 is 0. The molecule has 6 nitrogen and oxygen atoms in total. The molecular weight excluding hydrogens is 370 g/mol. The molecular formula is C23H25NO5. The third-order valence-corrected chi connectivity index (χ3v) is 4.82. The minimum Gasteiger partial charge on any atom is -0.507 e. The van der Waals surface area contributed by atoms with E-state index in [1.165, 1.54) is 4.90 Å². The van der Waals surface area contributed by atoms with Crippen molar-refractivity contribution in [2.75, 3.05) is 26.9 Å². The molecule has 1 heterocycles. The number of ether oxygens (including phenoxy) is 2. The lowest BCUT2D eigenvalue weighted by atomic mass is 9.95. The van der Waals surface area contributed by atoms with Crippen molar-refractivity contribution in [3.05, 3.63) is 71.3 Å². The van der Waals surface area contributed by atoms with E-state index >= 15 is 0 Å². The van der Waals surface area contributed by atoms with Gasteiger partial charge in [0, 0.05) is 25.8 Å². The lowest BCUT2D eigenvalue weighted by Crippen LogP contribution is -2.31. The second kappa shape index (κ2) is 9.39. The Labute approximate surface area is 170 Å². The number of likely N-dealkylation sites (tertiary alicyclic amines) is 1. The fourth-order valence-corrected chi connectivity index (χ4v) is 3.53. The van der Waals surface area contributed by atoms with Crippen molar-refractivity contribution in [3.8, 4) is 5.75 Å². The van der Waals surface area contributed by atoms with Crippen molar-refractivity contribution in [1.29, 1.82) is 0 Å². The summed E-state index contributed by atoms with van der Waals surface area (Å²) in [5.74, 6) is -0.835. The predicted octanol–water partition coefficient (Wildman–Crippen LogP) is 3.54. The number of nitrogens with zero attached hydrogens (tertiary/aromatic N) is 1. The first-order valence-corrected chi connectivity index (χ1v) is 9.64. The van der Waals surface area contributed by atoms with Crippen LogP contribution in [-0.4, -0.2) is 48.6 Å². The highest BCUT2D eigenvalue weighted by Crippen LogP contribution is 2.40. The Balaban J connectivity index is 2.11. The standard InChI is InChI=1S/C23H25NO5/c1-3-29-18-12-7-11-17(15-18)20-19(21(25)16-9-5-4-6-10-16)22(26)23(27)24(20)13-8-14-28-2/h4-7,9-12,15,20,25H,3,8,13-14H2,1-2H3. The summed E-state index contributed by atoms with van der Waals surface area (Å²) in [6, 6.07) is 15.4. The number of rotatable bonds is 8. The van der Waals surface area contributed by atoms with Crippen LogP contribution in [0.15, 0.2) is 60.2 Å². The van der Waals surface area contributed by atoms with E-state index in [1.54, 1.807) is 31.4 Å². The monoisotopic (exact) mass is 395 g/mol. The largest absolute Gasteiger partial charge is 0.507 e. The number of methoxy groups -OCH3 is 1. The van der Waals surface area contributed by atoms with Gasteiger partial charge in [0.15, 0.2) is 0 Å². The maximum atomic E-state index is 12.9. The number of carbonyl (C=O) groups excluding carboxylic acids is 2. The average Bonchev–Trinajstić information content (AvgIpc) is 2.99. The average molecular weight is 395 g/mol. The number of hydrogen-bond donors (Lipinski definition) is 1. The molecule has 1 unspecified atom stereocenters. The number of benzene rings is 2. The number of ketones is 1. The molecule has 0 aliphatic carbocycles. The SMILES string of the molecule is CCOc1cccc(C2C(=C(O)c3ccccc3)C(=O)C(=O)N2CCCOC)c1. The highest BCUT2D eigenvalue weighted by molar-refractivity contribution is 6.46. The van der Waals surface area contributed by atoms with Crippen LogP contribution in [0.2, 0.25) is 0 Å². The van der Waals surface area contributed by atoms with Crippen molar-refractivity contribution >= 4 is 17.4 Å². The van der Waals surface area contributed by atoms with E-state index in [-0.39, 0.29) is 11.3 Å². The Morgan fingerprint density at radius 1 is 1.10 bits per heavy atom. The summed E-state index contributed by atoms with van der Waals surface area (Å²) in [5, 5.41) is 10.9. The molecule has 152 valence electrons. The third kappa shape index (κ3) is 4.32. The molecule has 0 bridgehead atoms. The zero-order valence-electron chi connectivity index (χ0n) is 16.6. The Morgan fingerprint density at radius 3 is 2.55 bits per heavy atom. The molecule has 1 atom stereocenters. The van der Waals surface area contributed by atoms with Gasteiger partial charge in [-0.2, -0.15) is 0 Å². The zero-order chi connectivity index (χ0) is 20.8. The van der Waals surface area contributed by atoms with E-state index in [9.17, 15) is 14.7 Å². The van der Waals surface area contributed by atoms with Crippen LogP contribution in [0.3, 0.4) is 0 Å². The summed E-state index contributed by atoms with van der Waals surface area (Å²) < 4.78 is 10.7. The number of hydrogen-bond acceptors (Lipinski definition) is 5. The molecule has 1 saturated heterocycles. The van der Waals surface area contributed by atoms with Crippen LogP contribution >= 0.6 is 0 Å². The molecule has 0 spiro atoms. The first-order chi connectivity index (χ1) is 14.1. The number of amides is 1. The minimum absolute atomic E-state index is 0.0901. The number of aliphatic hydroxyl groups is 1. The normalized spacial score (nSPS) is 18.3. The Morgan fingerprint density at radius 2 is 1.86 bits per heavy atom. The van der Waals surface area contributed by atoms with Crippen molar-refractivity contribution in [2.45, 2.75) is 19.4 Å². The molecule has 1 aliphatic heterocycles. The topological polar surface area (TPSA) is 76.1 Å². The first kappa shape index (κ1) is 20.6. The maximum Gasteiger partial charge on any atom is 0.295 e. The summed E-state index contributed by atoms with van der Waals surface area (Å²) in [5.41, 5.74) is 1.30. The van der Waals surface area contributed by atoms with Gasteiger partial charge >= 0.3 is 0 Å². The van der Waals surface area contributed by atoms with E-state index in [0.717, 1.165) is 0 Å². The zero-order valence-corrected chi connectivity index (χ0v) is 16.6. The van der Waals surface area contributed by atoms with Crippen LogP contribution in [0.25, 0.3) is 5.76 Å². The lowest BCUT2D eigenvalue weighted by Gasteiger charge is -2.25. The predicted molar refractivity (Wildman–Crippen MR) is 110 cm³/mol. The summed E-state index contributed by atoms with van der Waals surface area (Å²) in [6.07, 6.45) is 0.580. The van der Waals surface area contributed by atoms with Gasteiger partial charge in [-0.15, -0.1) is 0 Å². The molecule has 6 heteroatoms. The smallest absolute Gasteiger partial charge is 0.295 e. The van der Waals surface area contributed by atoms with Gasteiger partial charge in [-0.3, -0.25) is 9.59 Å². The van der Waals surface area contributed by atoms with Crippen LogP contribution < -0.4 is 4.74 Å². The van der Waals surface area contributed by atoms with Gasteiger partial charge in [-0.25, -0.2) is 0 Å². The van der Waals surface area contributed by atoms with Gasteiger partial charge in [0.1, 0.15) is 11.5 Å². The molecule has 1 N–H and O–H groups in total. The van der Waals surface area contributed by atoms with E-state index in [1.807, 2.05) is 37.3 Å². The van der Waals surface area contributed by atoms with Crippen molar-refractivity contribution < 1.29 is 24.2 Å². The second-order valence-corrected chi connectivity index (χ2v) is 6.71. The van der Waals surface area contributed by atoms with Gasteiger partial charge in [0.05, 0.1) is 18.2 Å². The molecule has 1 fully saturated rings. The first-order valence-electron chi connectivity index (χ1n) is 9.64. The lowest BCUT2D eigenvalue weighted by molar-refractivity contribution is -0.140. The Hall–Kier alpha value is -3.12. The molecule has 29 heavy (non-hydrogen) atoms. The number of carbonyl (C=O) groups is 2. The van der Waals surface area contributed by atoms with Gasteiger partial charge in [-0.1, -0.05) is 42.5 Å². The molecule has 2 aromatic carbocycles. The highest BCUT2D eigenvalue weighted by atomic mass is 16.5. The number of aliphatic hydroxyl groups excluding tert-OH is 1. The van der Waals surface area contributed by atoms with E-state index < -0.39 is 17.7 Å². The number of Topliss-reactive ketones (excluding diaryl/α,β-unsaturated/α-hetero) is 1. The molecule has 0 radical (unpaired) electrons. The van der Waals surface area contributed by atoms with E-state index in [4.69, 9.17) is 9.47 Å². The fraction of sp³-hybridized carbons (Fsp3) is 0.304. The fourth-order valence-electron chi connectivity index (χ4n) is 3.53. The highest BCUT2D eigenvalue weighted by Gasteiger charge is 2.45. The van der Waals surface area contributed by atoms with Crippen LogP contribution in [-0.2, 0) is 14.3 Å². The minimum atomic E-state index is -0.688. The Bertz CT molecular complexity index is 906. The van der Waals surface area contributed by atoms with Crippen molar-refractivity contribution in [2.24, 2.45) is 0 Å². The van der Waals surface area contributed by atoms with Crippen LogP contribution in [0.1, 0.15) is 30.5 Å². The van der Waals surface area contributed by atoms with Gasteiger partial charge in [0.25, 0.3) is 11.7 Å². The van der Waals surface area contributed by atoms with Gasteiger partial charge < -0.3 is 19.5 Å². The quantitative estimate of drug-likeness (QED) is 0.320. The van der Waals surface area contributed by atoms with Crippen LogP contribution in [0.4, 0.5) is 0 Å². The maximum absolute atomic E-state index is 12.9. The summed E-state index contributed by atoms with van der Waals surface area (Å²) in [4.78, 5) is 27.2. The van der Waals surface area contributed by atoms with Gasteiger partial charge in [0.2, 0.25) is 0 Å². The molecule has 0 saturated carbocycles. The molecule has 1 amide bonds. The van der Waals surface area contributed by atoms with Crippen LogP contribution in [0, 0.1) is 0 Å². The molecule has 2 aromatic rings. The Kier molecular flexibility index (Phi) is 6.67. The van der Waals surface area contributed by atoms with Crippen molar-refractivity contribution in [1.82, 2.24) is 4.90 Å². The van der Waals surface area contributed by atoms with E-state index in [0.29, 0.717) is 43.1 Å². The molecule has 3 rings (SSSR count). The van der Waals surface area contributed by atoms with E-state index in [2.05, 4.69) is 0 Å². The summed E-state index contributed by atoms with van der Waals surface area (Å²) in [7, 11) is 1.59. The second-order valence-electron chi connectivity index (χ2n) is 6.71. The molecule has 1 aliphatic rings. The third-order valence-electron chi connectivity index (χ3n) is 4.82. The molecule has 0 aromatic heterocycles. The summed E-state index contributed by atoms with van der Waals surface area (Å²) in [6.45, 7) is 3.20. The van der Waals surface area contributed by atoms with Crippen LogP contribution in [0.5, 0.6) is 5.75 Å². The van der Waals surface area contributed by atoms with Gasteiger partial charge in [-0.05, 0) is 31.0 Å².